The number of hydrogen-bond donors (Lipinski definition) is 0. The summed E-state index contributed by atoms with van der Waals surface area (Å²) in [5.74, 6) is 0. The van der Waals surface area contributed by atoms with Crippen molar-refractivity contribution in [3.63, 3.8) is 0 Å². The van der Waals surface area contributed by atoms with E-state index in [4.69, 9.17) is 23.2 Å². The fourth-order valence-electron chi connectivity index (χ4n) is 2.27. The molecule has 0 radical (unpaired) electrons. The van der Waals surface area contributed by atoms with Crippen molar-refractivity contribution in [3.05, 3.63) is 68.2 Å². The van der Waals surface area contributed by atoms with E-state index >= 15 is 0 Å². The van der Waals surface area contributed by atoms with Gasteiger partial charge >= 0.3 is 0 Å². The zero-order valence-corrected chi connectivity index (χ0v) is 12.4. The van der Waals surface area contributed by atoms with E-state index in [1.165, 1.54) is 11.1 Å². The summed E-state index contributed by atoms with van der Waals surface area (Å²) in [5, 5.41) is 1.58. The SMILES string of the molecule is Cc1c(Cl)c(C)c(Cc2ccccc2)c(C)c1Cl. The van der Waals surface area contributed by atoms with Crippen LogP contribution in [0.4, 0.5) is 0 Å². The molecule has 2 heteroatoms. The molecule has 18 heavy (non-hydrogen) atoms. The van der Waals surface area contributed by atoms with Crippen LogP contribution in [0.5, 0.6) is 0 Å². The van der Waals surface area contributed by atoms with Gasteiger partial charge in [-0.3, -0.25) is 0 Å². The minimum atomic E-state index is 0.788. The van der Waals surface area contributed by atoms with Gasteiger partial charge in [0.05, 0.1) is 0 Å². The van der Waals surface area contributed by atoms with E-state index in [-0.39, 0.29) is 0 Å². The van der Waals surface area contributed by atoms with Crippen molar-refractivity contribution in [2.75, 3.05) is 0 Å². The van der Waals surface area contributed by atoms with E-state index in [1.54, 1.807) is 0 Å². The summed E-state index contributed by atoms with van der Waals surface area (Å²) in [6.07, 6.45) is 0.873. The van der Waals surface area contributed by atoms with Gasteiger partial charge in [0, 0.05) is 10.0 Å². The minimum absolute atomic E-state index is 0.788. The highest BCUT2D eigenvalue weighted by Gasteiger charge is 2.14. The molecule has 2 aromatic carbocycles. The number of hydrogen-bond acceptors (Lipinski definition) is 0. The van der Waals surface area contributed by atoms with Gasteiger partial charge in [-0.2, -0.15) is 0 Å². The lowest BCUT2D eigenvalue weighted by molar-refractivity contribution is 1.11. The lowest BCUT2D eigenvalue weighted by atomic mass is 9.94. The zero-order chi connectivity index (χ0) is 13.3. The molecule has 94 valence electrons. The Morgan fingerprint density at radius 1 is 0.778 bits per heavy atom. The van der Waals surface area contributed by atoms with Crippen LogP contribution in [0.2, 0.25) is 10.0 Å². The normalized spacial score (nSPS) is 10.7. The van der Waals surface area contributed by atoms with Crippen molar-refractivity contribution in [1.82, 2.24) is 0 Å². The van der Waals surface area contributed by atoms with Crippen molar-refractivity contribution in [3.8, 4) is 0 Å². The first-order chi connectivity index (χ1) is 8.52. The largest absolute Gasteiger partial charge is 0.0837 e. The second kappa shape index (κ2) is 5.34. The molecule has 0 aliphatic heterocycles. The molecular formula is C16H16Cl2. The maximum Gasteiger partial charge on any atom is 0.0482 e. The predicted octanol–water partition coefficient (Wildman–Crippen LogP) is 5.51. The van der Waals surface area contributed by atoms with Crippen molar-refractivity contribution in [2.45, 2.75) is 27.2 Å². The molecule has 0 atom stereocenters. The van der Waals surface area contributed by atoms with E-state index in [0.29, 0.717) is 0 Å². The molecule has 0 saturated carbocycles. The van der Waals surface area contributed by atoms with E-state index in [0.717, 1.165) is 33.2 Å². The van der Waals surface area contributed by atoms with Crippen LogP contribution in [0.1, 0.15) is 27.8 Å². The van der Waals surface area contributed by atoms with E-state index in [2.05, 4.69) is 38.1 Å². The van der Waals surface area contributed by atoms with E-state index in [1.807, 2.05) is 13.0 Å². The van der Waals surface area contributed by atoms with Crippen LogP contribution in [-0.2, 0) is 6.42 Å². The van der Waals surface area contributed by atoms with Crippen molar-refractivity contribution < 1.29 is 0 Å². The topological polar surface area (TPSA) is 0 Å². The molecule has 2 rings (SSSR count). The number of benzene rings is 2. The van der Waals surface area contributed by atoms with Gasteiger partial charge in [0.2, 0.25) is 0 Å². The minimum Gasteiger partial charge on any atom is -0.0837 e. The van der Waals surface area contributed by atoms with Crippen LogP contribution in [0, 0.1) is 20.8 Å². The second-order valence-corrected chi connectivity index (χ2v) is 5.40. The highest BCUT2D eigenvalue weighted by atomic mass is 35.5. The van der Waals surface area contributed by atoms with Gasteiger partial charge in [0.1, 0.15) is 0 Å². The lowest BCUT2D eigenvalue weighted by Crippen LogP contribution is -1.99. The average Bonchev–Trinajstić information content (AvgIpc) is 2.40. The average molecular weight is 279 g/mol. The Balaban J connectivity index is 2.52. The molecule has 0 heterocycles. The molecular weight excluding hydrogens is 263 g/mol. The smallest absolute Gasteiger partial charge is 0.0482 e. The molecule has 0 amide bonds. The molecule has 0 aliphatic rings. The highest BCUT2D eigenvalue weighted by Crippen LogP contribution is 2.34. The molecule has 0 bridgehead atoms. The Labute approximate surface area is 119 Å². The highest BCUT2D eigenvalue weighted by molar-refractivity contribution is 6.37. The van der Waals surface area contributed by atoms with Crippen molar-refractivity contribution in [2.24, 2.45) is 0 Å². The maximum absolute atomic E-state index is 6.34. The van der Waals surface area contributed by atoms with Gasteiger partial charge in [-0.05, 0) is 55.0 Å². The molecule has 0 N–H and O–H groups in total. The third kappa shape index (κ3) is 2.41. The fraction of sp³-hybridized carbons (Fsp3) is 0.250. The lowest BCUT2D eigenvalue weighted by Gasteiger charge is -2.16. The summed E-state index contributed by atoms with van der Waals surface area (Å²) < 4.78 is 0. The number of rotatable bonds is 2. The maximum atomic E-state index is 6.34. The van der Waals surface area contributed by atoms with Gasteiger partial charge in [0.25, 0.3) is 0 Å². The zero-order valence-electron chi connectivity index (χ0n) is 10.8. The second-order valence-electron chi connectivity index (χ2n) is 4.64. The van der Waals surface area contributed by atoms with Crippen LogP contribution in [-0.4, -0.2) is 0 Å². The van der Waals surface area contributed by atoms with Gasteiger partial charge < -0.3 is 0 Å². The molecule has 0 nitrogen and oxygen atoms in total. The fourth-order valence-corrected chi connectivity index (χ4v) is 2.74. The number of halogens is 2. The molecule has 0 aliphatic carbocycles. The Bertz CT molecular complexity index is 542. The summed E-state index contributed by atoms with van der Waals surface area (Å²) in [6.45, 7) is 6.10. The third-order valence-electron chi connectivity index (χ3n) is 3.45. The third-order valence-corrected chi connectivity index (χ3v) is 4.58. The summed E-state index contributed by atoms with van der Waals surface area (Å²) in [4.78, 5) is 0. The molecule has 0 spiro atoms. The summed E-state index contributed by atoms with van der Waals surface area (Å²) >= 11 is 12.7. The molecule has 0 saturated heterocycles. The molecule has 0 fully saturated rings. The Morgan fingerprint density at radius 2 is 1.28 bits per heavy atom. The van der Waals surface area contributed by atoms with Crippen LogP contribution < -0.4 is 0 Å². The standard InChI is InChI=1S/C16H16Cl2/c1-10-14(9-13-7-5-4-6-8-13)11(2)16(18)12(3)15(10)17/h4-8H,9H2,1-3H3. The molecule has 2 aromatic rings. The monoisotopic (exact) mass is 278 g/mol. The first-order valence-corrected chi connectivity index (χ1v) is 6.75. The van der Waals surface area contributed by atoms with Crippen molar-refractivity contribution >= 4 is 23.2 Å². The Morgan fingerprint density at radius 3 is 1.78 bits per heavy atom. The predicted molar refractivity (Wildman–Crippen MR) is 79.9 cm³/mol. The van der Waals surface area contributed by atoms with Crippen LogP contribution in [0.15, 0.2) is 30.3 Å². The Kier molecular flexibility index (Phi) is 3.99. The van der Waals surface area contributed by atoms with Crippen LogP contribution in [0.3, 0.4) is 0 Å². The first kappa shape index (κ1) is 13.5. The molecule has 0 unspecified atom stereocenters. The van der Waals surface area contributed by atoms with Crippen LogP contribution >= 0.6 is 23.2 Å². The van der Waals surface area contributed by atoms with Crippen molar-refractivity contribution in [1.29, 1.82) is 0 Å². The van der Waals surface area contributed by atoms with Gasteiger partial charge in [0.15, 0.2) is 0 Å². The summed E-state index contributed by atoms with van der Waals surface area (Å²) in [5.41, 5.74) is 5.77. The van der Waals surface area contributed by atoms with Gasteiger partial charge in [-0.15, -0.1) is 0 Å². The van der Waals surface area contributed by atoms with Gasteiger partial charge in [-0.25, -0.2) is 0 Å². The molecule has 0 aromatic heterocycles. The van der Waals surface area contributed by atoms with Gasteiger partial charge in [-0.1, -0.05) is 53.5 Å². The first-order valence-electron chi connectivity index (χ1n) is 6.00. The van der Waals surface area contributed by atoms with E-state index < -0.39 is 0 Å². The van der Waals surface area contributed by atoms with Crippen LogP contribution in [0.25, 0.3) is 0 Å². The Hall–Kier alpha value is -0.980. The quantitative estimate of drug-likeness (QED) is 0.680. The van der Waals surface area contributed by atoms with E-state index in [9.17, 15) is 0 Å². The summed E-state index contributed by atoms with van der Waals surface area (Å²) in [6, 6.07) is 10.4. The summed E-state index contributed by atoms with van der Waals surface area (Å²) in [7, 11) is 0.